The third-order valence-electron chi connectivity index (χ3n) is 5.23. The van der Waals surface area contributed by atoms with Crippen LogP contribution in [0.5, 0.6) is 0 Å². The van der Waals surface area contributed by atoms with Crippen molar-refractivity contribution < 1.29 is 9.26 Å². The van der Waals surface area contributed by atoms with Crippen LogP contribution in [-0.2, 0) is 17.7 Å². The first-order chi connectivity index (χ1) is 13.0. The Morgan fingerprint density at radius 2 is 2.04 bits per heavy atom. The fourth-order valence-electron chi connectivity index (χ4n) is 3.89. The van der Waals surface area contributed by atoms with Gasteiger partial charge in [-0.15, -0.1) is 0 Å². The highest BCUT2D eigenvalue weighted by Crippen LogP contribution is 2.21. The topological polar surface area (TPSA) is 80.2 Å². The van der Waals surface area contributed by atoms with Crippen LogP contribution in [0.2, 0.25) is 0 Å². The molecule has 1 fully saturated rings. The quantitative estimate of drug-likeness (QED) is 0.725. The maximum atomic E-state index is 12.5. The third-order valence-corrected chi connectivity index (χ3v) is 5.23. The Kier molecular flexibility index (Phi) is 4.85. The van der Waals surface area contributed by atoms with Crippen LogP contribution in [0.1, 0.15) is 28.3 Å². The van der Waals surface area contributed by atoms with Crippen LogP contribution in [0.4, 0.5) is 0 Å². The summed E-state index contributed by atoms with van der Waals surface area (Å²) in [5, 5.41) is 8.24. The highest BCUT2D eigenvalue weighted by atomic mass is 16.5. The molecule has 4 rings (SSSR count). The van der Waals surface area contributed by atoms with E-state index in [1.807, 2.05) is 32.9 Å². The first kappa shape index (κ1) is 17.9. The third kappa shape index (κ3) is 3.82. The van der Waals surface area contributed by atoms with E-state index in [2.05, 4.69) is 21.5 Å². The van der Waals surface area contributed by atoms with Crippen molar-refractivity contribution in [2.75, 3.05) is 13.2 Å². The first-order valence-electron chi connectivity index (χ1n) is 9.36. The van der Waals surface area contributed by atoms with Gasteiger partial charge in [0.1, 0.15) is 5.76 Å². The molecule has 27 heavy (non-hydrogen) atoms. The van der Waals surface area contributed by atoms with Gasteiger partial charge in [0.15, 0.2) is 5.43 Å². The molecule has 2 atom stereocenters. The van der Waals surface area contributed by atoms with Gasteiger partial charge in [0.25, 0.3) is 0 Å². The van der Waals surface area contributed by atoms with Crippen molar-refractivity contribution in [1.82, 2.24) is 15.5 Å². The maximum Gasteiger partial charge on any atom is 0.189 e. The molecule has 0 aliphatic carbocycles. The molecule has 0 spiro atoms. The minimum absolute atomic E-state index is 0.0590. The van der Waals surface area contributed by atoms with Crippen molar-refractivity contribution in [2.45, 2.75) is 39.8 Å². The molecule has 6 heteroatoms. The smallest absolute Gasteiger partial charge is 0.189 e. The summed E-state index contributed by atoms with van der Waals surface area (Å²) in [6, 6.07) is 7.92. The first-order valence-corrected chi connectivity index (χ1v) is 9.36. The Morgan fingerprint density at radius 1 is 1.19 bits per heavy atom. The number of hydrogen-bond donors (Lipinski definition) is 2. The average molecular weight is 367 g/mol. The predicted octanol–water partition coefficient (Wildman–Crippen LogP) is 2.79. The Labute approximate surface area is 157 Å². The number of rotatable bonds is 5. The van der Waals surface area contributed by atoms with Gasteiger partial charge in [-0.1, -0.05) is 11.2 Å². The lowest BCUT2D eigenvalue weighted by Gasteiger charge is -2.18. The van der Waals surface area contributed by atoms with Gasteiger partial charge in [-0.25, -0.2) is 0 Å². The number of aromatic amines is 1. The lowest BCUT2D eigenvalue weighted by atomic mass is 9.98. The molecule has 0 saturated carbocycles. The van der Waals surface area contributed by atoms with E-state index >= 15 is 0 Å². The molecule has 142 valence electrons. The Balaban J connectivity index is 1.48. The standard InChI is InChI=1S/C21H25N3O3/c1-12-4-13(2)21-18(5-12)20(25)8-16(23-21)9-22-19-11-26-10-15(19)7-17-6-14(3)24-27-17/h4-6,8,15,19,22H,7,9-11H2,1-3H3,(H,23,25)/t15-,19+/m1/s1. The van der Waals surface area contributed by atoms with E-state index in [1.165, 1.54) is 0 Å². The summed E-state index contributed by atoms with van der Waals surface area (Å²) >= 11 is 0. The number of aromatic nitrogens is 2. The number of benzene rings is 1. The molecule has 1 aromatic carbocycles. The van der Waals surface area contributed by atoms with Crippen LogP contribution in [0.3, 0.4) is 0 Å². The number of ether oxygens (including phenoxy) is 1. The zero-order valence-corrected chi connectivity index (χ0v) is 16.0. The van der Waals surface area contributed by atoms with Crippen molar-refractivity contribution in [2.24, 2.45) is 5.92 Å². The van der Waals surface area contributed by atoms with Gasteiger partial charge in [0.05, 0.1) is 24.4 Å². The molecule has 0 radical (unpaired) electrons. The fourth-order valence-corrected chi connectivity index (χ4v) is 3.89. The molecular weight excluding hydrogens is 342 g/mol. The summed E-state index contributed by atoms with van der Waals surface area (Å²) in [4.78, 5) is 15.9. The predicted molar refractivity (Wildman–Crippen MR) is 104 cm³/mol. The van der Waals surface area contributed by atoms with Gasteiger partial charge in [-0.2, -0.15) is 0 Å². The van der Waals surface area contributed by atoms with Crippen LogP contribution in [0, 0.1) is 26.7 Å². The summed E-state index contributed by atoms with van der Waals surface area (Å²) in [5.41, 5.74) is 4.95. The Bertz CT molecular complexity index is 1020. The lowest BCUT2D eigenvalue weighted by Crippen LogP contribution is -2.36. The average Bonchev–Trinajstić information content (AvgIpc) is 3.23. The molecule has 0 unspecified atom stereocenters. The minimum Gasteiger partial charge on any atom is -0.379 e. The minimum atomic E-state index is 0.0590. The maximum absolute atomic E-state index is 12.5. The van der Waals surface area contributed by atoms with Crippen molar-refractivity contribution in [3.05, 3.63) is 62.8 Å². The van der Waals surface area contributed by atoms with E-state index in [4.69, 9.17) is 9.26 Å². The molecular formula is C21H25N3O3. The molecule has 3 aromatic rings. The number of hydrogen-bond acceptors (Lipinski definition) is 5. The van der Waals surface area contributed by atoms with Crippen LogP contribution >= 0.6 is 0 Å². The molecule has 2 N–H and O–H groups in total. The second-order valence-corrected chi connectivity index (χ2v) is 7.59. The van der Waals surface area contributed by atoms with Gasteiger partial charge in [-0.3, -0.25) is 4.79 Å². The number of nitrogens with zero attached hydrogens (tertiary/aromatic N) is 1. The van der Waals surface area contributed by atoms with E-state index in [1.54, 1.807) is 6.07 Å². The van der Waals surface area contributed by atoms with Crippen molar-refractivity contribution >= 4 is 10.9 Å². The van der Waals surface area contributed by atoms with Gasteiger partial charge in [-0.05, 0) is 38.0 Å². The lowest BCUT2D eigenvalue weighted by molar-refractivity contribution is 0.181. The SMILES string of the molecule is Cc1cc(C)c2[nH]c(CN[C@H]3COC[C@H]3Cc3cc(C)no3)cc(=O)c2c1. The monoisotopic (exact) mass is 367 g/mol. The van der Waals surface area contributed by atoms with E-state index in [0.29, 0.717) is 25.7 Å². The number of pyridine rings is 1. The van der Waals surface area contributed by atoms with Crippen molar-refractivity contribution in [3.63, 3.8) is 0 Å². The molecule has 1 saturated heterocycles. The summed E-state index contributed by atoms with van der Waals surface area (Å²) in [5.74, 6) is 1.22. The summed E-state index contributed by atoms with van der Waals surface area (Å²) in [6.07, 6.45) is 0.797. The van der Waals surface area contributed by atoms with Crippen molar-refractivity contribution in [3.8, 4) is 0 Å². The van der Waals surface area contributed by atoms with Crippen LogP contribution in [0.15, 0.2) is 33.6 Å². The number of H-pyrrole nitrogens is 1. The van der Waals surface area contributed by atoms with E-state index in [9.17, 15) is 4.79 Å². The van der Waals surface area contributed by atoms with Crippen LogP contribution in [0.25, 0.3) is 10.9 Å². The number of fused-ring (bicyclic) bond motifs is 1. The zero-order valence-electron chi connectivity index (χ0n) is 16.0. The van der Waals surface area contributed by atoms with Gasteiger partial charge >= 0.3 is 0 Å². The summed E-state index contributed by atoms with van der Waals surface area (Å²) in [6.45, 7) is 7.92. The highest BCUT2D eigenvalue weighted by molar-refractivity contribution is 5.82. The summed E-state index contributed by atoms with van der Waals surface area (Å²) < 4.78 is 11.0. The molecule has 0 bridgehead atoms. The molecule has 0 amide bonds. The Hall–Kier alpha value is -2.44. The van der Waals surface area contributed by atoms with Gasteiger partial charge in [0.2, 0.25) is 0 Å². The van der Waals surface area contributed by atoms with Gasteiger partial charge in [0, 0.05) is 48.1 Å². The highest BCUT2D eigenvalue weighted by Gasteiger charge is 2.29. The van der Waals surface area contributed by atoms with E-state index < -0.39 is 0 Å². The van der Waals surface area contributed by atoms with Crippen LogP contribution in [-0.4, -0.2) is 29.4 Å². The second-order valence-electron chi connectivity index (χ2n) is 7.59. The zero-order chi connectivity index (χ0) is 19.0. The Morgan fingerprint density at radius 3 is 2.81 bits per heavy atom. The van der Waals surface area contributed by atoms with Crippen LogP contribution < -0.4 is 10.7 Å². The van der Waals surface area contributed by atoms with Crippen molar-refractivity contribution in [1.29, 1.82) is 0 Å². The molecule has 6 nitrogen and oxygen atoms in total. The van der Waals surface area contributed by atoms with E-state index in [0.717, 1.165) is 45.6 Å². The fraction of sp³-hybridized carbons (Fsp3) is 0.429. The summed E-state index contributed by atoms with van der Waals surface area (Å²) in [7, 11) is 0. The van der Waals surface area contributed by atoms with Gasteiger partial charge < -0.3 is 19.6 Å². The molecule has 1 aliphatic rings. The number of aryl methyl sites for hydroxylation is 3. The normalized spacial score (nSPS) is 19.8. The van der Waals surface area contributed by atoms with E-state index in [-0.39, 0.29) is 11.5 Å². The largest absolute Gasteiger partial charge is 0.379 e. The molecule has 3 heterocycles. The second kappa shape index (κ2) is 7.29. The number of nitrogens with one attached hydrogen (secondary N) is 2. The molecule has 1 aliphatic heterocycles. The molecule has 2 aromatic heterocycles.